The highest BCUT2D eigenvalue weighted by molar-refractivity contribution is 6.00. The number of nitrogens with zero attached hydrogens (tertiary/aromatic N) is 5. The van der Waals surface area contributed by atoms with Crippen LogP contribution in [0.15, 0.2) is 143 Å². The Labute approximate surface area is 241 Å². The molecule has 0 saturated carbocycles. The van der Waals surface area contributed by atoms with Crippen LogP contribution >= 0.6 is 0 Å². The van der Waals surface area contributed by atoms with E-state index < -0.39 is 0 Å². The van der Waals surface area contributed by atoms with Crippen molar-refractivity contribution in [2.75, 3.05) is 0 Å². The summed E-state index contributed by atoms with van der Waals surface area (Å²) in [6, 6.07) is 38.8. The number of hydrazone groups is 1. The first kappa shape index (κ1) is 25.0. The molecule has 0 fully saturated rings. The number of hydrogen-bond donors (Lipinski definition) is 1. The largest absolute Gasteiger partial charge is 0.454 e. The van der Waals surface area contributed by atoms with Crippen LogP contribution in [0, 0.1) is 0 Å². The maximum absolute atomic E-state index is 13.5. The predicted molar refractivity (Wildman–Crippen MR) is 163 cm³/mol. The second-order valence-electron chi connectivity index (χ2n) is 9.60. The molecule has 7 aromatic rings. The summed E-state index contributed by atoms with van der Waals surface area (Å²) >= 11 is 0. The molecule has 4 aromatic carbocycles. The lowest BCUT2D eigenvalue weighted by atomic mass is 10.1. The molecule has 0 bridgehead atoms. The second kappa shape index (κ2) is 10.9. The van der Waals surface area contributed by atoms with Gasteiger partial charge in [-0.3, -0.25) is 4.79 Å². The van der Waals surface area contributed by atoms with Crippen LogP contribution in [-0.2, 0) is 0 Å². The standard InChI is InChI=1S/C34H24N6O2/c41-34(29-23-40(28-17-8-3-9-18-28)37-32(29)24-12-4-1-5-13-24)36-35-21-26-22-39(27-15-6-2-7-16-27)38-33(26)31-20-25-14-10-11-19-30(25)42-31/h1-23H,(H,36,41)/b35-21-. The van der Waals surface area contributed by atoms with Gasteiger partial charge in [0.15, 0.2) is 5.76 Å². The van der Waals surface area contributed by atoms with Crippen molar-refractivity contribution in [2.45, 2.75) is 0 Å². The van der Waals surface area contributed by atoms with E-state index in [2.05, 4.69) is 10.5 Å². The normalized spacial score (nSPS) is 11.3. The molecule has 0 saturated heterocycles. The minimum atomic E-state index is -0.381. The Balaban J connectivity index is 1.22. The van der Waals surface area contributed by atoms with Gasteiger partial charge in [0.2, 0.25) is 0 Å². The third-order valence-corrected chi connectivity index (χ3v) is 6.82. The van der Waals surface area contributed by atoms with Gasteiger partial charge in [-0.15, -0.1) is 0 Å². The van der Waals surface area contributed by atoms with Crippen molar-refractivity contribution in [2.24, 2.45) is 5.10 Å². The molecule has 1 N–H and O–H groups in total. The number of rotatable bonds is 7. The second-order valence-corrected chi connectivity index (χ2v) is 9.60. The minimum Gasteiger partial charge on any atom is -0.454 e. The van der Waals surface area contributed by atoms with Crippen molar-refractivity contribution in [1.82, 2.24) is 25.0 Å². The van der Waals surface area contributed by atoms with Crippen molar-refractivity contribution in [1.29, 1.82) is 0 Å². The van der Waals surface area contributed by atoms with Crippen molar-refractivity contribution in [3.05, 3.63) is 145 Å². The molecular formula is C34H24N6O2. The Kier molecular flexibility index (Phi) is 6.46. The van der Waals surface area contributed by atoms with Crippen LogP contribution in [0.1, 0.15) is 15.9 Å². The third-order valence-electron chi connectivity index (χ3n) is 6.82. The van der Waals surface area contributed by atoms with Gasteiger partial charge < -0.3 is 4.42 Å². The first-order chi connectivity index (χ1) is 20.7. The number of hydrogen-bond acceptors (Lipinski definition) is 5. The van der Waals surface area contributed by atoms with E-state index in [1.165, 1.54) is 0 Å². The number of fused-ring (bicyclic) bond motifs is 1. The molecular weight excluding hydrogens is 524 g/mol. The first-order valence-corrected chi connectivity index (χ1v) is 13.4. The number of furan rings is 1. The van der Waals surface area contributed by atoms with Crippen LogP contribution in [0.2, 0.25) is 0 Å². The van der Waals surface area contributed by atoms with Gasteiger partial charge in [0.25, 0.3) is 5.91 Å². The summed E-state index contributed by atoms with van der Waals surface area (Å²) in [5, 5.41) is 14.8. The highest BCUT2D eigenvalue weighted by Crippen LogP contribution is 2.29. The molecule has 0 spiro atoms. The molecule has 0 unspecified atom stereocenters. The Morgan fingerprint density at radius 2 is 1.31 bits per heavy atom. The maximum Gasteiger partial charge on any atom is 0.275 e. The molecule has 202 valence electrons. The van der Waals surface area contributed by atoms with Crippen LogP contribution in [-0.4, -0.2) is 31.7 Å². The van der Waals surface area contributed by atoms with E-state index in [1.54, 1.807) is 21.8 Å². The van der Waals surface area contributed by atoms with Crippen molar-refractivity contribution >= 4 is 23.1 Å². The number of amides is 1. The number of carbonyl (C=O) groups is 1. The highest BCUT2D eigenvalue weighted by Gasteiger charge is 2.19. The highest BCUT2D eigenvalue weighted by atomic mass is 16.3. The monoisotopic (exact) mass is 548 g/mol. The average molecular weight is 549 g/mol. The molecule has 3 heterocycles. The fourth-order valence-corrected chi connectivity index (χ4v) is 4.77. The van der Waals surface area contributed by atoms with Gasteiger partial charge in [0, 0.05) is 28.9 Å². The van der Waals surface area contributed by atoms with Gasteiger partial charge in [-0.2, -0.15) is 15.3 Å². The van der Waals surface area contributed by atoms with E-state index in [0.29, 0.717) is 28.3 Å². The summed E-state index contributed by atoms with van der Waals surface area (Å²) in [6.45, 7) is 0. The zero-order chi connectivity index (χ0) is 28.3. The van der Waals surface area contributed by atoms with Crippen molar-refractivity contribution in [3.63, 3.8) is 0 Å². The lowest BCUT2D eigenvalue weighted by Crippen LogP contribution is -2.18. The fraction of sp³-hybridized carbons (Fsp3) is 0. The van der Waals surface area contributed by atoms with Gasteiger partial charge in [0.05, 0.1) is 23.2 Å². The van der Waals surface area contributed by atoms with Crippen LogP contribution in [0.25, 0.3) is 45.1 Å². The molecule has 0 aliphatic carbocycles. The Hall–Kier alpha value is -6.02. The molecule has 42 heavy (non-hydrogen) atoms. The topological polar surface area (TPSA) is 90.2 Å². The lowest BCUT2D eigenvalue weighted by molar-refractivity contribution is 0.0955. The van der Waals surface area contributed by atoms with E-state index in [9.17, 15) is 4.79 Å². The predicted octanol–water partition coefficient (Wildman–Crippen LogP) is 6.90. The Bertz CT molecular complexity index is 1990. The van der Waals surface area contributed by atoms with E-state index in [-0.39, 0.29) is 5.91 Å². The number of carbonyl (C=O) groups excluding carboxylic acids is 1. The Morgan fingerprint density at radius 1 is 0.714 bits per heavy atom. The van der Waals surface area contributed by atoms with Crippen molar-refractivity contribution < 1.29 is 9.21 Å². The van der Waals surface area contributed by atoms with Gasteiger partial charge in [-0.25, -0.2) is 14.8 Å². The summed E-state index contributed by atoms with van der Waals surface area (Å²) in [4.78, 5) is 13.5. The van der Waals surface area contributed by atoms with E-state index in [0.717, 1.165) is 27.9 Å². The molecule has 0 radical (unpaired) electrons. The van der Waals surface area contributed by atoms with Crippen LogP contribution in [0.5, 0.6) is 0 Å². The number of nitrogens with one attached hydrogen (secondary N) is 1. The van der Waals surface area contributed by atoms with Gasteiger partial charge in [0.1, 0.15) is 17.0 Å². The molecule has 7 rings (SSSR count). The van der Waals surface area contributed by atoms with E-state index >= 15 is 0 Å². The smallest absolute Gasteiger partial charge is 0.275 e. The number of aromatic nitrogens is 4. The molecule has 8 nitrogen and oxygen atoms in total. The number of benzene rings is 4. The summed E-state index contributed by atoms with van der Waals surface area (Å²) in [5.41, 5.74) is 8.27. The maximum atomic E-state index is 13.5. The Morgan fingerprint density at radius 3 is 2.00 bits per heavy atom. The zero-order valence-corrected chi connectivity index (χ0v) is 22.3. The first-order valence-electron chi connectivity index (χ1n) is 13.4. The third kappa shape index (κ3) is 4.89. The molecule has 0 aliphatic rings. The lowest BCUT2D eigenvalue weighted by Gasteiger charge is -2.01. The molecule has 8 heteroatoms. The van der Waals surface area contributed by atoms with E-state index in [4.69, 9.17) is 14.6 Å². The summed E-state index contributed by atoms with van der Waals surface area (Å²) in [6.07, 6.45) is 5.16. The van der Waals surface area contributed by atoms with Crippen LogP contribution in [0.3, 0.4) is 0 Å². The zero-order valence-electron chi connectivity index (χ0n) is 22.3. The molecule has 1 amide bonds. The summed E-state index contributed by atoms with van der Waals surface area (Å²) in [5.74, 6) is 0.224. The van der Waals surface area contributed by atoms with Gasteiger partial charge in [-0.05, 0) is 36.4 Å². The van der Waals surface area contributed by atoms with Crippen molar-refractivity contribution in [3.8, 4) is 34.1 Å². The number of para-hydroxylation sites is 3. The molecule has 3 aromatic heterocycles. The van der Waals surface area contributed by atoms with Crippen LogP contribution < -0.4 is 5.43 Å². The molecule has 0 aliphatic heterocycles. The fourth-order valence-electron chi connectivity index (χ4n) is 4.77. The molecule has 0 atom stereocenters. The minimum absolute atomic E-state index is 0.381. The summed E-state index contributed by atoms with van der Waals surface area (Å²) < 4.78 is 9.58. The quantitative estimate of drug-likeness (QED) is 0.173. The van der Waals surface area contributed by atoms with Crippen LogP contribution in [0.4, 0.5) is 0 Å². The van der Waals surface area contributed by atoms with Gasteiger partial charge >= 0.3 is 0 Å². The summed E-state index contributed by atoms with van der Waals surface area (Å²) in [7, 11) is 0. The SMILES string of the molecule is O=C(N/N=C\c1cn(-c2ccccc2)nc1-c1cc2ccccc2o1)c1cn(-c2ccccc2)nc1-c1ccccc1. The average Bonchev–Trinajstić information content (AvgIpc) is 3.79. The van der Waals surface area contributed by atoms with E-state index in [1.807, 2.05) is 128 Å². The van der Waals surface area contributed by atoms with Gasteiger partial charge in [-0.1, -0.05) is 84.9 Å².